The molecule has 0 aliphatic carbocycles. The van der Waals surface area contributed by atoms with Crippen molar-refractivity contribution >= 4 is 11.6 Å². The molecule has 124 valence electrons. The van der Waals surface area contributed by atoms with Crippen molar-refractivity contribution in [1.29, 1.82) is 0 Å². The summed E-state index contributed by atoms with van der Waals surface area (Å²) in [7, 11) is 0. The molecule has 0 radical (unpaired) electrons. The minimum Gasteiger partial charge on any atom is -0.373 e. The molecule has 0 heterocycles. The third-order valence-electron chi connectivity index (χ3n) is 3.84. The zero-order chi connectivity index (χ0) is 17.0. The van der Waals surface area contributed by atoms with Crippen LogP contribution >= 0.6 is 11.6 Å². The number of benzene rings is 2. The van der Waals surface area contributed by atoms with Crippen molar-refractivity contribution in [2.75, 3.05) is 6.61 Å². The van der Waals surface area contributed by atoms with Gasteiger partial charge in [0.15, 0.2) is 0 Å². The van der Waals surface area contributed by atoms with Crippen LogP contribution in [-0.4, -0.2) is 6.61 Å². The summed E-state index contributed by atoms with van der Waals surface area (Å²) in [5.41, 5.74) is 3.35. The number of hydrogen-bond acceptors (Lipinski definition) is 1. The first kappa shape index (κ1) is 18.0. The summed E-state index contributed by atoms with van der Waals surface area (Å²) in [6, 6.07) is 12.8. The van der Waals surface area contributed by atoms with Crippen molar-refractivity contribution in [3.63, 3.8) is 0 Å². The largest absolute Gasteiger partial charge is 0.373 e. The Hall–Kier alpha value is -1.38. The van der Waals surface area contributed by atoms with Gasteiger partial charge in [0.05, 0.1) is 6.10 Å². The van der Waals surface area contributed by atoms with Crippen molar-refractivity contribution in [3.05, 3.63) is 59.4 Å². The molecule has 1 atom stereocenters. The molecule has 0 spiro atoms. The maximum atomic E-state index is 14.3. The summed E-state index contributed by atoms with van der Waals surface area (Å²) in [6.07, 6.45) is -0.134. The van der Waals surface area contributed by atoms with Gasteiger partial charge < -0.3 is 4.74 Å². The Labute approximate surface area is 143 Å². The minimum absolute atomic E-state index is 0.110. The van der Waals surface area contributed by atoms with Gasteiger partial charge in [-0.15, -0.1) is 11.6 Å². The van der Waals surface area contributed by atoms with Crippen molar-refractivity contribution in [3.8, 4) is 11.1 Å². The SMILES string of the molecule is CCO[C@H](c1cc(CCl)ccc1-c1ccccc1F)C(C)(C)C. The molecule has 0 aromatic heterocycles. The van der Waals surface area contributed by atoms with Crippen LogP contribution in [0.25, 0.3) is 11.1 Å². The van der Waals surface area contributed by atoms with Crippen molar-refractivity contribution in [1.82, 2.24) is 0 Å². The Bertz CT molecular complexity index is 661. The van der Waals surface area contributed by atoms with Gasteiger partial charge in [0.1, 0.15) is 5.82 Å². The van der Waals surface area contributed by atoms with Crippen LogP contribution in [0.1, 0.15) is 44.9 Å². The highest BCUT2D eigenvalue weighted by Crippen LogP contribution is 2.41. The Morgan fingerprint density at radius 3 is 2.35 bits per heavy atom. The fraction of sp³-hybridized carbons (Fsp3) is 0.400. The molecule has 0 fully saturated rings. The Kier molecular flexibility index (Phi) is 5.83. The Morgan fingerprint density at radius 2 is 1.78 bits per heavy atom. The molecule has 0 saturated heterocycles. The van der Waals surface area contributed by atoms with Gasteiger partial charge in [-0.3, -0.25) is 0 Å². The molecule has 0 unspecified atom stereocenters. The lowest BCUT2D eigenvalue weighted by Gasteiger charge is -2.32. The average Bonchev–Trinajstić information content (AvgIpc) is 2.51. The Balaban J connectivity index is 2.66. The van der Waals surface area contributed by atoms with E-state index in [2.05, 4.69) is 20.8 Å². The molecule has 2 rings (SSSR count). The molecule has 0 N–H and O–H groups in total. The van der Waals surface area contributed by atoms with Crippen LogP contribution in [-0.2, 0) is 10.6 Å². The van der Waals surface area contributed by atoms with E-state index < -0.39 is 0 Å². The highest BCUT2D eigenvalue weighted by molar-refractivity contribution is 6.17. The molecule has 23 heavy (non-hydrogen) atoms. The lowest BCUT2D eigenvalue weighted by molar-refractivity contribution is -0.0129. The summed E-state index contributed by atoms with van der Waals surface area (Å²) < 4.78 is 20.3. The van der Waals surface area contributed by atoms with E-state index in [1.54, 1.807) is 12.1 Å². The van der Waals surface area contributed by atoms with E-state index in [0.717, 1.165) is 16.7 Å². The van der Waals surface area contributed by atoms with Crippen molar-refractivity contribution < 1.29 is 9.13 Å². The lowest BCUT2D eigenvalue weighted by Crippen LogP contribution is -2.22. The van der Waals surface area contributed by atoms with Crippen LogP contribution in [0.4, 0.5) is 4.39 Å². The summed E-state index contributed by atoms with van der Waals surface area (Å²) >= 11 is 6.01. The topological polar surface area (TPSA) is 9.23 Å². The van der Waals surface area contributed by atoms with Crippen LogP contribution in [0, 0.1) is 11.2 Å². The van der Waals surface area contributed by atoms with E-state index in [1.165, 1.54) is 6.07 Å². The number of ether oxygens (including phenoxy) is 1. The smallest absolute Gasteiger partial charge is 0.131 e. The molecule has 0 amide bonds. The number of halogens is 2. The highest BCUT2D eigenvalue weighted by atomic mass is 35.5. The van der Waals surface area contributed by atoms with Crippen LogP contribution in [0.15, 0.2) is 42.5 Å². The maximum Gasteiger partial charge on any atom is 0.131 e. The second kappa shape index (κ2) is 7.46. The molecule has 1 nitrogen and oxygen atoms in total. The molecule has 0 saturated carbocycles. The van der Waals surface area contributed by atoms with Gasteiger partial charge >= 0.3 is 0 Å². The molecule has 2 aromatic carbocycles. The summed E-state index contributed by atoms with van der Waals surface area (Å²) in [4.78, 5) is 0. The molecule has 0 aliphatic heterocycles. The third-order valence-corrected chi connectivity index (χ3v) is 4.15. The van der Waals surface area contributed by atoms with Crippen LogP contribution in [0.5, 0.6) is 0 Å². The highest BCUT2D eigenvalue weighted by Gasteiger charge is 2.29. The molecule has 0 aliphatic rings. The first-order valence-electron chi connectivity index (χ1n) is 7.93. The molecule has 2 aromatic rings. The second-order valence-electron chi connectivity index (χ2n) is 6.74. The van der Waals surface area contributed by atoms with Gasteiger partial charge in [-0.25, -0.2) is 4.39 Å². The van der Waals surface area contributed by atoms with Gasteiger partial charge in [-0.1, -0.05) is 57.2 Å². The van der Waals surface area contributed by atoms with E-state index in [-0.39, 0.29) is 17.3 Å². The fourth-order valence-corrected chi connectivity index (χ4v) is 2.98. The van der Waals surface area contributed by atoms with Crippen LogP contribution in [0.2, 0.25) is 0 Å². The van der Waals surface area contributed by atoms with E-state index >= 15 is 0 Å². The standard InChI is InChI=1S/C20H24ClFO/c1-5-23-19(20(2,3)4)17-12-14(13-21)10-11-15(17)16-8-6-7-9-18(16)22/h6-12,19H,5,13H2,1-4H3/t19-/m1/s1. The van der Waals surface area contributed by atoms with E-state index in [9.17, 15) is 4.39 Å². The molecular formula is C20H24ClFO. The zero-order valence-corrected chi connectivity index (χ0v) is 15.0. The maximum absolute atomic E-state index is 14.3. The first-order chi connectivity index (χ1) is 10.9. The summed E-state index contributed by atoms with van der Waals surface area (Å²) in [5, 5.41) is 0. The molecular weight excluding hydrogens is 311 g/mol. The normalized spacial score (nSPS) is 13.1. The Morgan fingerprint density at radius 1 is 1.09 bits per heavy atom. The van der Waals surface area contributed by atoms with Crippen LogP contribution in [0.3, 0.4) is 0 Å². The zero-order valence-electron chi connectivity index (χ0n) is 14.2. The summed E-state index contributed by atoms with van der Waals surface area (Å²) in [5.74, 6) is 0.199. The van der Waals surface area contributed by atoms with Gasteiger partial charge in [-0.2, -0.15) is 0 Å². The van der Waals surface area contributed by atoms with Gasteiger partial charge in [0, 0.05) is 18.1 Å². The van der Waals surface area contributed by atoms with Crippen LogP contribution < -0.4 is 0 Å². The predicted octanol–water partition coefficient (Wildman–Crippen LogP) is 6.36. The van der Waals surface area contributed by atoms with Gasteiger partial charge in [-0.05, 0) is 35.1 Å². The second-order valence-corrected chi connectivity index (χ2v) is 7.00. The minimum atomic E-state index is -0.225. The first-order valence-corrected chi connectivity index (χ1v) is 8.47. The predicted molar refractivity (Wildman–Crippen MR) is 95.2 cm³/mol. The van der Waals surface area contributed by atoms with E-state index in [0.29, 0.717) is 18.1 Å². The van der Waals surface area contributed by atoms with Gasteiger partial charge in [0.25, 0.3) is 0 Å². The molecule has 0 bridgehead atoms. The van der Waals surface area contributed by atoms with Crippen molar-refractivity contribution in [2.45, 2.75) is 39.7 Å². The van der Waals surface area contributed by atoms with E-state index in [1.807, 2.05) is 31.2 Å². The quantitative estimate of drug-likeness (QED) is 0.578. The van der Waals surface area contributed by atoms with Crippen molar-refractivity contribution in [2.24, 2.45) is 5.41 Å². The average molecular weight is 335 g/mol. The number of alkyl halides is 1. The fourth-order valence-electron chi connectivity index (χ4n) is 2.81. The third kappa shape index (κ3) is 4.13. The number of rotatable bonds is 5. The number of hydrogen-bond donors (Lipinski definition) is 0. The monoisotopic (exact) mass is 334 g/mol. The molecule has 3 heteroatoms. The van der Waals surface area contributed by atoms with Gasteiger partial charge in [0.2, 0.25) is 0 Å². The lowest BCUT2D eigenvalue weighted by atomic mass is 9.81. The summed E-state index contributed by atoms with van der Waals surface area (Å²) in [6.45, 7) is 8.97. The van der Waals surface area contributed by atoms with E-state index in [4.69, 9.17) is 16.3 Å².